The number of hydrogen-bond donors (Lipinski definition) is 2. The average Bonchev–Trinajstić information content (AvgIpc) is 3.15. The molecule has 1 aliphatic heterocycles. The molecular formula is C14H14ClF4N5O. The van der Waals surface area contributed by atoms with Gasteiger partial charge in [0.25, 0.3) is 5.91 Å². The van der Waals surface area contributed by atoms with E-state index in [1.54, 1.807) is 0 Å². The van der Waals surface area contributed by atoms with Crippen LogP contribution in [0, 0.1) is 5.82 Å². The summed E-state index contributed by atoms with van der Waals surface area (Å²) in [4.78, 5) is 12.2. The summed E-state index contributed by atoms with van der Waals surface area (Å²) in [6.07, 6.45) is -4.26. The van der Waals surface area contributed by atoms with E-state index in [9.17, 15) is 22.4 Å². The van der Waals surface area contributed by atoms with Crippen molar-refractivity contribution in [1.82, 2.24) is 25.6 Å². The zero-order chi connectivity index (χ0) is 17.3. The Kier molecular flexibility index (Phi) is 5.63. The van der Waals surface area contributed by atoms with Crippen LogP contribution in [0.2, 0.25) is 0 Å². The predicted molar refractivity (Wildman–Crippen MR) is 82.3 cm³/mol. The number of nitrogens with zero attached hydrogens (tertiary/aromatic N) is 3. The molecule has 6 nitrogen and oxygen atoms in total. The van der Waals surface area contributed by atoms with Gasteiger partial charge >= 0.3 is 6.18 Å². The van der Waals surface area contributed by atoms with Crippen LogP contribution in [0.3, 0.4) is 0 Å². The Bertz CT molecular complexity index is 758. The highest BCUT2D eigenvalue weighted by Gasteiger charge is 2.42. The standard InChI is InChI=1S/C14H13F4N5O.ClH/c15-8-2-1-3-10(6-8)23-12(14(16,17)18)11(21-22-23)13(24)20-9-4-5-19-7-9;/h1-3,6,9,19H,4-5,7H2,(H,20,24);1H. The van der Waals surface area contributed by atoms with Crippen molar-refractivity contribution in [2.45, 2.75) is 18.6 Å². The Morgan fingerprint density at radius 3 is 2.72 bits per heavy atom. The van der Waals surface area contributed by atoms with Crippen LogP contribution in [0.4, 0.5) is 17.6 Å². The van der Waals surface area contributed by atoms with Gasteiger partial charge in [0.15, 0.2) is 11.4 Å². The van der Waals surface area contributed by atoms with Crippen molar-refractivity contribution in [2.75, 3.05) is 13.1 Å². The molecule has 2 N–H and O–H groups in total. The third-order valence-electron chi connectivity index (χ3n) is 3.60. The zero-order valence-electron chi connectivity index (χ0n) is 12.7. The molecule has 1 aromatic heterocycles. The van der Waals surface area contributed by atoms with Crippen LogP contribution in [0.15, 0.2) is 24.3 Å². The number of alkyl halides is 3. The van der Waals surface area contributed by atoms with Gasteiger partial charge < -0.3 is 10.6 Å². The molecule has 2 aromatic rings. The SMILES string of the molecule is Cl.O=C(NC1CCNC1)c1nnn(-c2cccc(F)c2)c1C(F)(F)F. The summed E-state index contributed by atoms with van der Waals surface area (Å²) in [6.45, 7) is 1.15. The number of carbonyl (C=O) groups excluding carboxylic acids is 1. The molecule has 0 radical (unpaired) electrons. The fraction of sp³-hybridized carbons (Fsp3) is 0.357. The van der Waals surface area contributed by atoms with Gasteiger partial charge in [-0.15, -0.1) is 17.5 Å². The Morgan fingerprint density at radius 1 is 1.36 bits per heavy atom. The van der Waals surface area contributed by atoms with Crippen molar-refractivity contribution in [1.29, 1.82) is 0 Å². The molecule has 0 aliphatic carbocycles. The lowest BCUT2D eigenvalue weighted by molar-refractivity contribution is -0.143. The molecule has 0 bridgehead atoms. The van der Waals surface area contributed by atoms with Crippen LogP contribution in [0.1, 0.15) is 22.6 Å². The maximum Gasteiger partial charge on any atom is 0.435 e. The molecule has 0 spiro atoms. The van der Waals surface area contributed by atoms with E-state index in [1.807, 2.05) is 0 Å². The summed E-state index contributed by atoms with van der Waals surface area (Å²) >= 11 is 0. The fourth-order valence-electron chi connectivity index (χ4n) is 2.51. The number of hydrogen-bond acceptors (Lipinski definition) is 4. The second-order valence-corrected chi connectivity index (χ2v) is 5.34. The molecule has 1 amide bonds. The number of rotatable bonds is 3. The van der Waals surface area contributed by atoms with Crippen molar-refractivity contribution in [2.24, 2.45) is 0 Å². The molecule has 1 atom stereocenters. The lowest BCUT2D eigenvalue weighted by Gasteiger charge is -2.13. The van der Waals surface area contributed by atoms with Gasteiger partial charge in [-0.3, -0.25) is 4.79 Å². The van der Waals surface area contributed by atoms with Crippen LogP contribution < -0.4 is 10.6 Å². The second-order valence-electron chi connectivity index (χ2n) is 5.34. The lowest BCUT2D eigenvalue weighted by Crippen LogP contribution is -2.37. The van der Waals surface area contributed by atoms with E-state index in [1.165, 1.54) is 12.1 Å². The maximum absolute atomic E-state index is 13.4. The maximum atomic E-state index is 13.4. The van der Waals surface area contributed by atoms with Crippen LogP contribution in [-0.2, 0) is 6.18 Å². The molecule has 11 heteroatoms. The van der Waals surface area contributed by atoms with Crippen LogP contribution >= 0.6 is 12.4 Å². The topological polar surface area (TPSA) is 71.8 Å². The largest absolute Gasteiger partial charge is 0.435 e. The molecule has 2 heterocycles. The van der Waals surface area contributed by atoms with E-state index in [-0.39, 0.29) is 24.1 Å². The Hall–Kier alpha value is -2.20. The van der Waals surface area contributed by atoms with E-state index in [0.717, 1.165) is 12.1 Å². The molecule has 136 valence electrons. The number of benzene rings is 1. The summed E-state index contributed by atoms with van der Waals surface area (Å²) in [5.74, 6) is -1.68. The highest BCUT2D eigenvalue weighted by atomic mass is 35.5. The molecule has 0 saturated carbocycles. The Morgan fingerprint density at radius 2 is 2.12 bits per heavy atom. The monoisotopic (exact) mass is 379 g/mol. The average molecular weight is 380 g/mol. The smallest absolute Gasteiger partial charge is 0.347 e. The number of nitrogens with one attached hydrogen (secondary N) is 2. The van der Waals surface area contributed by atoms with Crippen LogP contribution in [0.25, 0.3) is 5.69 Å². The van der Waals surface area contributed by atoms with Gasteiger partial charge in [-0.1, -0.05) is 11.3 Å². The minimum absolute atomic E-state index is 0. The number of carbonyl (C=O) groups is 1. The van der Waals surface area contributed by atoms with E-state index >= 15 is 0 Å². The Labute approximate surface area is 146 Å². The summed E-state index contributed by atoms with van der Waals surface area (Å²) < 4.78 is 54.0. The molecule has 25 heavy (non-hydrogen) atoms. The molecule has 1 unspecified atom stereocenters. The van der Waals surface area contributed by atoms with Crippen molar-refractivity contribution in [3.63, 3.8) is 0 Å². The van der Waals surface area contributed by atoms with E-state index in [2.05, 4.69) is 20.9 Å². The first-order valence-corrected chi connectivity index (χ1v) is 7.16. The van der Waals surface area contributed by atoms with Crippen molar-refractivity contribution < 1.29 is 22.4 Å². The molecule has 1 aromatic carbocycles. The van der Waals surface area contributed by atoms with Crippen molar-refractivity contribution >= 4 is 18.3 Å². The first-order valence-electron chi connectivity index (χ1n) is 7.16. The zero-order valence-corrected chi connectivity index (χ0v) is 13.5. The fourth-order valence-corrected chi connectivity index (χ4v) is 2.51. The van der Waals surface area contributed by atoms with Crippen molar-refractivity contribution in [3.05, 3.63) is 41.5 Å². The predicted octanol–water partition coefficient (Wildman–Crippen LogP) is 1.94. The highest BCUT2D eigenvalue weighted by Crippen LogP contribution is 2.32. The molecule has 3 rings (SSSR count). The van der Waals surface area contributed by atoms with Gasteiger partial charge in [0.05, 0.1) is 5.69 Å². The van der Waals surface area contributed by atoms with Gasteiger partial charge in [0.1, 0.15) is 5.82 Å². The molecule has 1 fully saturated rings. The highest BCUT2D eigenvalue weighted by molar-refractivity contribution is 5.93. The third-order valence-corrected chi connectivity index (χ3v) is 3.60. The molecular weight excluding hydrogens is 366 g/mol. The first-order chi connectivity index (χ1) is 11.4. The first kappa shape index (κ1) is 19.1. The van der Waals surface area contributed by atoms with Gasteiger partial charge in [0, 0.05) is 12.6 Å². The van der Waals surface area contributed by atoms with E-state index < -0.39 is 29.3 Å². The van der Waals surface area contributed by atoms with Gasteiger partial charge in [-0.2, -0.15) is 13.2 Å². The molecule has 1 aliphatic rings. The Balaban J connectivity index is 0.00000225. The lowest BCUT2D eigenvalue weighted by atomic mass is 10.2. The third kappa shape index (κ3) is 4.07. The second kappa shape index (κ2) is 7.36. The number of amides is 1. The van der Waals surface area contributed by atoms with E-state index in [0.29, 0.717) is 24.2 Å². The number of aromatic nitrogens is 3. The summed E-state index contributed by atoms with van der Waals surface area (Å²) in [6, 6.07) is 4.20. The normalized spacial score (nSPS) is 17.2. The summed E-state index contributed by atoms with van der Waals surface area (Å²) in [5.41, 5.74) is -2.34. The minimum atomic E-state index is -4.88. The summed E-state index contributed by atoms with van der Waals surface area (Å²) in [5, 5.41) is 12.2. The molecule has 1 saturated heterocycles. The van der Waals surface area contributed by atoms with Crippen LogP contribution in [0.5, 0.6) is 0 Å². The van der Waals surface area contributed by atoms with Gasteiger partial charge in [-0.05, 0) is 31.2 Å². The van der Waals surface area contributed by atoms with E-state index in [4.69, 9.17) is 0 Å². The van der Waals surface area contributed by atoms with Gasteiger partial charge in [0.2, 0.25) is 0 Å². The minimum Gasteiger partial charge on any atom is -0.347 e. The quantitative estimate of drug-likeness (QED) is 0.800. The van der Waals surface area contributed by atoms with Crippen LogP contribution in [-0.4, -0.2) is 40.0 Å². The number of halogens is 5. The van der Waals surface area contributed by atoms with Crippen molar-refractivity contribution in [3.8, 4) is 5.69 Å². The summed E-state index contributed by atoms with van der Waals surface area (Å²) in [7, 11) is 0. The van der Waals surface area contributed by atoms with Gasteiger partial charge in [-0.25, -0.2) is 9.07 Å².